The maximum absolute atomic E-state index is 12.0. The van der Waals surface area contributed by atoms with E-state index in [1.54, 1.807) is 25.6 Å². The number of likely N-dealkylation sites (N-methyl/N-ethyl adjacent to an activating group) is 1. The molecule has 9 nitrogen and oxygen atoms in total. The lowest BCUT2D eigenvalue weighted by atomic mass is 10.3. The van der Waals surface area contributed by atoms with Gasteiger partial charge in [0.15, 0.2) is 11.6 Å². The molecule has 0 fully saturated rings. The van der Waals surface area contributed by atoms with Crippen molar-refractivity contribution >= 4 is 11.8 Å². The fourth-order valence-corrected chi connectivity index (χ4v) is 1.94. The molecule has 0 aliphatic carbocycles. The van der Waals surface area contributed by atoms with Gasteiger partial charge in [0, 0.05) is 19.7 Å². The van der Waals surface area contributed by atoms with Gasteiger partial charge < -0.3 is 14.5 Å². The molecule has 0 spiro atoms. The van der Waals surface area contributed by atoms with Crippen LogP contribution >= 0.6 is 0 Å². The topological polar surface area (TPSA) is 109 Å². The minimum atomic E-state index is -0.595. The average molecular weight is 308 g/mol. The number of hydrogen-bond donors (Lipinski definition) is 2. The van der Waals surface area contributed by atoms with Crippen LogP contribution in [0.5, 0.6) is 0 Å². The fraction of sp³-hybridized carbons (Fsp3) is 0.538. The molecule has 0 saturated heterocycles. The monoisotopic (exact) mass is 308 g/mol. The van der Waals surface area contributed by atoms with Gasteiger partial charge in [-0.3, -0.25) is 5.32 Å². The van der Waals surface area contributed by atoms with Crippen LogP contribution < -0.4 is 5.32 Å². The second-order valence-corrected chi connectivity index (χ2v) is 5.28. The second-order valence-electron chi connectivity index (χ2n) is 5.28. The number of anilines is 1. The Morgan fingerprint density at radius 1 is 1.55 bits per heavy atom. The quantitative estimate of drug-likeness (QED) is 0.844. The highest BCUT2D eigenvalue weighted by atomic mass is 16.5. The molecule has 22 heavy (non-hydrogen) atoms. The second kappa shape index (κ2) is 6.56. The van der Waals surface area contributed by atoms with E-state index in [1.807, 2.05) is 13.0 Å². The minimum absolute atomic E-state index is 0.232. The van der Waals surface area contributed by atoms with E-state index in [4.69, 9.17) is 4.52 Å². The molecule has 9 heteroatoms. The third-order valence-electron chi connectivity index (χ3n) is 3.08. The SMILES string of the molecule is Cc1cc(Cn2nnc(NC(=O)N(C)CC(C)O)c2C)on1. The summed E-state index contributed by atoms with van der Waals surface area (Å²) in [5, 5.41) is 23.7. The van der Waals surface area contributed by atoms with E-state index < -0.39 is 6.10 Å². The number of aliphatic hydroxyl groups excluding tert-OH is 1. The van der Waals surface area contributed by atoms with Crippen molar-refractivity contribution in [1.29, 1.82) is 0 Å². The van der Waals surface area contributed by atoms with E-state index in [2.05, 4.69) is 20.8 Å². The van der Waals surface area contributed by atoms with Crippen LogP contribution in [0.1, 0.15) is 24.1 Å². The first-order valence-electron chi connectivity index (χ1n) is 6.89. The third-order valence-corrected chi connectivity index (χ3v) is 3.08. The molecule has 2 aromatic rings. The molecule has 2 aromatic heterocycles. The third kappa shape index (κ3) is 3.82. The van der Waals surface area contributed by atoms with Gasteiger partial charge in [-0.2, -0.15) is 0 Å². The first-order chi connectivity index (χ1) is 10.4. The number of urea groups is 1. The van der Waals surface area contributed by atoms with Crippen molar-refractivity contribution in [2.45, 2.75) is 33.4 Å². The number of carbonyl (C=O) groups excluding carboxylic acids is 1. The zero-order valence-electron chi connectivity index (χ0n) is 13.1. The predicted octanol–water partition coefficient (Wildman–Crippen LogP) is 0.776. The molecule has 2 amide bonds. The Labute approximate surface area is 127 Å². The zero-order valence-corrected chi connectivity index (χ0v) is 13.1. The summed E-state index contributed by atoms with van der Waals surface area (Å²) >= 11 is 0. The Bertz CT molecular complexity index is 648. The van der Waals surface area contributed by atoms with Crippen molar-refractivity contribution in [1.82, 2.24) is 25.1 Å². The molecule has 0 saturated carbocycles. The van der Waals surface area contributed by atoms with E-state index in [0.29, 0.717) is 23.8 Å². The molecule has 0 aliphatic rings. The fourth-order valence-electron chi connectivity index (χ4n) is 1.94. The summed E-state index contributed by atoms with van der Waals surface area (Å²) in [6.45, 7) is 5.87. The molecule has 0 aromatic carbocycles. The number of nitrogens with one attached hydrogen (secondary N) is 1. The van der Waals surface area contributed by atoms with Gasteiger partial charge in [-0.15, -0.1) is 5.10 Å². The Balaban J connectivity index is 2.03. The number of hydrogen-bond acceptors (Lipinski definition) is 6. The van der Waals surface area contributed by atoms with Crippen molar-refractivity contribution < 1.29 is 14.4 Å². The van der Waals surface area contributed by atoms with Gasteiger partial charge in [0.05, 0.1) is 17.5 Å². The van der Waals surface area contributed by atoms with Crippen LogP contribution in [0.25, 0.3) is 0 Å². The summed E-state index contributed by atoms with van der Waals surface area (Å²) in [5.74, 6) is 1.04. The number of amides is 2. The summed E-state index contributed by atoms with van der Waals surface area (Å²) in [7, 11) is 1.60. The number of aryl methyl sites for hydroxylation is 1. The van der Waals surface area contributed by atoms with E-state index in [9.17, 15) is 9.90 Å². The summed E-state index contributed by atoms with van der Waals surface area (Å²) in [6.07, 6.45) is -0.595. The molecule has 120 valence electrons. The highest BCUT2D eigenvalue weighted by Crippen LogP contribution is 2.13. The molecule has 2 rings (SSSR count). The van der Waals surface area contributed by atoms with Gasteiger partial charge in [0.2, 0.25) is 0 Å². The Kier molecular flexibility index (Phi) is 4.76. The highest BCUT2D eigenvalue weighted by molar-refractivity contribution is 5.88. The first-order valence-corrected chi connectivity index (χ1v) is 6.89. The molecule has 0 radical (unpaired) electrons. The normalized spacial score (nSPS) is 12.2. The van der Waals surface area contributed by atoms with Crippen LogP contribution in [0.2, 0.25) is 0 Å². The molecule has 1 unspecified atom stereocenters. The Morgan fingerprint density at radius 2 is 2.27 bits per heavy atom. The van der Waals surface area contributed by atoms with Crippen LogP contribution in [0.4, 0.5) is 10.6 Å². The molecule has 0 bridgehead atoms. The van der Waals surface area contributed by atoms with Crippen molar-refractivity contribution in [3.8, 4) is 0 Å². The van der Waals surface area contributed by atoms with Crippen molar-refractivity contribution in [3.63, 3.8) is 0 Å². The maximum atomic E-state index is 12.0. The van der Waals surface area contributed by atoms with Gasteiger partial charge in [0.1, 0.15) is 6.54 Å². The number of rotatable bonds is 5. The first kappa shape index (κ1) is 16.0. The Hall–Kier alpha value is -2.42. The Morgan fingerprint density at radius 3 is 2.86 bits per heavy atom. The van der Waals surface area contributed by atoms with Crippen LogP contribution in [-0.2, 0) is 6.54 Å². The molecule has 2 heterocycles. The van der Waals surface area contributed by atoms with Crippen molar-refractivity contribution in [2.24, 2.45) is 0 Å². The summed E-state index contributed by atoms with van der Waals surface area (Å²) in [6, 6.07) is 1.46. The molecular weight excluding hydrogens is 288 g/mol. The number of aliphatic hydroxyl groups is 1. The van der Waals surface area contributed by atoms with Gasteiger partial charge in [-0.05, 0) is 20.8 Å². The zero-order chi connectivity index (χ0) is 16.3. The van der Waals surface area contributed by atoms with Crippen LogP contribution in [-0.4, -0.2) is 55.9 Å². The lowest BCUT2D eigenvalue weighted by Crippen LogP contribution is -2.36. The maximum Gasteiger partial charge on any atom is 0.322 e. The van der Waals surface area contributed by atoms with Gasteiger partial charge >= 0.3 is 6.03 Å². The van der Waals surface area contributed by atoms with E-state index >= 15 is 0 Å². The van der Waals surface area contributed by atoms with Crippen molar-refractivity contribution in [2.75, 3.05) is 18.9 Å². The lowest BCUT2D eigenvalue weighted by molar-refractivity contribution is 0.149. The number of carbonyl (C=O) groups is 1. The summed E-state index contributed by atoms with van der Waals surface area (Å²) in [4.78, 5) is 13.3. The number of aromatic nitrogens is 4. The smallest absolute Gasteiger partial charge is 0.322 e. The predicted molar refractivity (Wildman–Crippen MR) is 78.4 cm³/mol. The van der Waals surface area contributed by atoms with Crippen molar-refractivity contribution in [3.05, 3.63) is 23.2 Å². The molecule has 0 aliphatic heterocycles. The van der Waals surface area contributed by atoms with Gasteiger partial charge in [-0.25, -0.2) is 9.48 Å². The van der Waals surface area contributed by atoms with Crippen LogP contribution in [0.3, 0.4) is 0 Å². The van der Waals surface area contributed by atoms with Gasteiger partial charge in [0.25, 0.3) is 0 Å². The molecule has 1 atom stereocenters. The van der Waals surface area contributed by atoms with E-state index in [1.165, 1.54) is 4.90 Å². The van der Waals surface area contributed by atoms with E-state index in [0.717, 1.165) is 5.69 Å². The summed E-state index contributed by atoms with van der Waals surface area (Å²) < 4.78 is 6.75. The largest absolute Gasteiger partial charge is 0.392 e. The van der Waals surface area contributed by atoms with Crippen LogP contribution in [0.15, 0.2) is 10.6 Å². The molecule has 2 N–H and O–H groups in total. The van der Waals surface area contributed by atoms with Crippen LogP contribution in [0, 0.1) is 13.8 Å². The average Bonchev–Trinajstić information content (AvgIpc) is 2.98. The van der Waals surface area contributed by atoms with Gasteiger partial charge in [-0.1, -0.05) is 10.4 Å². The van der Waals surface area contributed by atoms with E-state index in [-0.39, 0.29) is 12.6 Å². The number of nitrogens with zero attached hydrogens (tertiary/aromatic N) is 5. The lowest BCUT2D eigenvalue weighted by Gasteiger charge is -2.18. The highest BCUT2D eigenvalue weighted by Gasteiger charge is 2.16. The minimum Gasteiger partial charge on any atom is -0.392 e. The molecular formula is C13H20N6O3. The summed E-state index contributed by atoms with van der Waals surface area (Å²) in [5.41, 5.74) is 1.49. The standard InChI is InChI=1S/C13H20N6O3/c1-8-5-11(22-16-8)7-19-10(3)12(15-17-19)14-13(21)18(4)6-9(2)20/h5,9,20H,6-7H2,1-4H3,(H,14,21).